The van der Waals surface area contributed by atoms with Crippen LogP contribution in [-0.2, 0) is 9.53 Å². The smallest absolute Gasteiger partial charge is 0.337 e. The minimum Gasteiger partial charge on any atom is -0.460 e. The number of hydrogen-bond acceptors (Lipinski definition) is 7. The van der Waals surface area contributed by atoms with Gasteiger partial charge in [0.2, 0.25) is 0 Å². The molecule has 1 N–H and O–H groups in total. The van der Waals surface area contributed by atoms with E-state index >= 15 is 0 Å². The van der Waals surface area contributed by atoms with E-state index in [1.165, 1.54) is 11.3 Å². The molecule has 26 heavy (non-hydrogen) atoms. The number of carbonyl (C=O) groups excluding carboxylic acids is 1. The molecule has 1 unspecified atom stereocenters. The van der Waals surface area contributed by atoms with E-state index in [9.17, 15) is 14.9 Å². The van der Waals surface area contributed by atoms with Crippen LogP contribution in [0.3, 0.4) is 0 Å². The Hall–Kier alpha value is -2.74. The molecular weight excluding hydrogens is 354 g/mol. The number of carbonyl (C=O) groups is 1. The number of nitro groups is 1. The van der Waals surface area contributed by atoms with E-state index in [1.54, 1.807) is 40.1 Å². The van der Waals surface area contributed by atoms with Crippen LogP contribution in [-0.4, -0.2) is 22.0 Å². The summed E-state index contributed by atoms with van der Waals surface area (Å²) in [4.78, 5) is 28.3. The Balaban J connectivity index is 2.24. The first-order chi connectivity index (χ1) is 12.3. The molecule has 1 aliphatic rings. The van der Waals surface area contributed by atoms with Crippen LogP contribution < -0.4 is 5.32 Å². The zero-order valence-electron chi connectivity index (χ0n) is 14.9. The third-order valence-corrected chi connectivity index (χ3v) is 5.18. The fraction of sp³-hybridized carbons (Fsp3) is 0.333. The van der Waals surface area contributed by atoms with Crippen LogP contribution in [0.15, 0.2) is 46.5 Å². The largest absolute Gasteiger partial charge is 0.460 e. The molecule has 3 rings (SSSR count). The lowest BCUT2D eigenvalue weighted by Crippen LogP contribution is -2.32. The maximum absolute atomic E-state index is 12.8. The van der Waals surface area contributed by atoms with Gasteiger partial charge in [-0.3, -0.25) is 15.1 Å². The average molecular weight is 373 g/mol. The number of dihydropyridines is 1. The third kappa shape index (κ3) is 3.08. The monoisotopic (exact) mass is 373 g/mol. The topological polar surface area (TPSA) is 94.4 Å². The highest BCUT2D eigenvalue weighted by molar-refractivity contribution is 7.17. The summed E-state index contributed by atoms with van der Waals surface area (Å²) in [5, 5.41) is 17.4. The SMILES string of the molecule is CC1=C(C(=O)OC(C)C)C(c2csc3ccncc23)C([N+](=O)[O-])=C(C)N1. The number of hydrogen-bond donors (Lipinski definition) is 1. The Bertz CT molecular complexity index is 958. The summed E-state index contributed by atoms with van der Waals surface area (Å²) < 4.78 is 6.33. The number of thiophene rings is 1. The highest BCUT2D eigenvalue weighted by Crippen LogP contribution is 2.43. The molecule has 0 aliphatic carbocycles. The van der Waals surface area contributed by atoms with Crippen LogP contribution in [0.2, 0.25) is 0 Å². The summed E-state index contributed by atoms with van der Waals surface area (Å²) in [6.45, 7) is 6.87. The Labute approximate surface area is 154 Å². The van der Waals surface area contributed by atoms with Crippen molar-refractivity contribution in [1.82, 2.24) is 10.3 Å². The van der Waals surface area contributed by atoms with Crippen molar-refractivity contribution < 1.29 is 14.5 Å². The highest BCUT2D eigenvalue weighted by atomic mass is 32.1. The molecule has 136 valence electrons. The van der Waals surface area contributed by atoms with E-state index in [4.69, 9.17) is 4.74 Å². The number of allylic oxidation sites excluding steroid dienone is 3. The Kier molecular flexibility index (Phi) is 4.78. The number of pyridine rings is 1. The van der Waals surface area contributed by atoms with Crippen LogP contribution in [0, 0.1) is 10.1 Å². The molecule has 0 spiro atoms. The first-order valence-corrected chi connectivity index (χ1v) is 9.04. The van der Waals surface area contributed by atoms with Crippen LogP contribution >= 0.6 is 11.3 Å². The number of esters is 1. The normalized spacial score (nSPS) is 17.7. The molecule has 0 aromatic carbocycles. The molecule has 2 aromatic heterocycles. The number of nitrogens with zero attached hydrogens (tertiary/aromatic N) is 2. The van der Waals surface area contributed by atoms with Gasteiger partial charge >= 0.3 is 5.97 Å². The summed E-state index contributed by atoms with van der Waals surface area (Å²) in [5.41, 5.74) is 1.89. The van der Waals surface area contributed by atoms with E-state index in [2.05, 4.69) is 10.3 Å². The van der Waals surface area contributed by atoms with E-state index in [-0.39, 0.29) is 17.4 Å². The first kappa shape index (κ1) is 18.1. The molecule has 0 radical (unpaired) electrons. The molecule has 0 saturated heterocycles. The average Bonchev–Trinajstić information content (AvgIpc) is 2.96. The fourth-order valence-electron chi connectivity index (χ4n) is 3.19. The van der Waals surface area contributed by atoms with Gasteiger partial charge in [0, 0.05) is 28.2 Å². The van der Waals surface area contributed by atoms with Crippen molar-refractivity contribution in [3.8, 4) is 0 Å². The molecule has 0 bridgehead atoms. The van der Waals surface area contributed by atoms with Gasteiger partial charge in [-0.1, -0.05) is 0 Å². The minimum atomic E-state index is -0.810. The van der Waals surface area contributed by atoms with Crippen LogP contribution in [0.4, 0.5) is 0 Å². The van der Waals surface area contributed by atoms with Gasteiger partial charge in [-0.15, -0.1) is 11.3 Å². The Morgan fingerprint density at radius 3 is 2.77 bits per heavy atom. The zero-order valence-corrected chi connectivity index (χ0v) is 15.7. The predicted molar refractivity (Wildman–Crippen MR) is 99.1 cm³/mol. The maximum atomic E-state index is 12.8. The van der Waals surface area contributed by atoms with Gasteiger partial charge in [-0.05, 0) is 44.7 Å². The van der Waals surface area contributed by atoms with Gasteiger partial charge in [0.05, 0.1) is 22.3 Å². The minimum absolute atomic E-state index is 0.0464. The lowest BCUT2D eigenvalue weighted by Gasteiger charge is -2.26. The molecule has 0 saturated carbocycles. The molecule has 7 nitrogen and oxygen atoms in total. The Morgan fingerprint density at radius 2 is 2.12 bits per heavy atom. The van der Waals surface area contributed by atoms with Crippen molar-refractivity contribution in [3.05, 3.63) is 62.2 Å². The van der Waals surface area contributed by atoms with Gasteiger partial charge in [0.25, 0.3) is 5.70 Å². The van der Waals surface area contributed by atoms with Crippen molar-refractivity contribution in [2.75, 3.05) is 0 Å². The summed E-state index contributed by atoms with van der Waals surface area (Å²) in [7, 11) is 0. The second kappa shape index (κ2) is 6.87. The van der Waals surface area contributed by atoms with Crippen LogP contribution in [0.25, 0.3) is 10.1 Å². The van der Waals surface area contributed by atoms with Crippen molar-refractivity contribution >= 4 is 27.4 Å². The third-order valence-electron chi connectivity index (χ3n) is 4.20. The molecular formula is C18H19N3O4S. The summed E-state index contributed by atoms with van der Waals surface area (Å²) in [5.74, 6) is -1.36. The number of ether oxygens (including phenoxy) is 1. The lowest BCUT2D eigenvalue weighted by atomic mass is 9.84. The zero-order chi connectivity index (χ0) is 19.0. The number of nitrogens with one attached hydrogen (secondary N) is 1. The van der Waals surface area contributed by atoms with Crippen molar-refractivity contribution in [1.29, 1.82) is 0 Å². The van der Waals surface area contributed by atoms with Gasteiger partial charge in [-0.25, -0.2) is 4.79 Å². The van der Waals surface area contributed by atoms with Gasteiger partial charge in [0.1, 0.15) is 5.92 Å². The van der Waals surface area contributed by atoms with Gasteiger partial charge in [0.15, 0.2) is 0 Å². The molecule has 1 atom stereocenters. The van der Waals surface area contributed by atoms with Crippen molar-refractivity contribution in [3.63, 3.8) is 0 Å². The second-order valence-electron chi connectivity index (χ2n) is 6.38. The summed E-state index contributed by atoms with van der Waals surface area (Å²) >= 11 is 1.47. The van der Waals surface area contributed by atoms with E-state index in [0.29, 0.717) is 17.0 Å². The van der Waals surface area contributed by atoms with E-state index < -0.39 is 16.8 Å². The summed E-state index contributed by atoms with van der Waals surface area (Å²) in [6.07, 6.45) is 3.03. The quantitative estimate of drug-likeness (QED) is 0.499. The standard InChI is InChI=1S/C18H19N3O4S/c1-9(2)25-18(22)15-10(3)20-11(4)17(21(23)24)16(15)13-8-26-14-5-6-19-7-12(13)14/h5-9,16,20H,1-4H3. The van der Waals surface area contributed by atoms with E-state index in [1.807, 2.05) is 11.4 Å². The maximum Gasteiger partial charge on any atom is 0.337 e. The lowest BCUT2D eigenvalue weighted by molar-refractivity contribution is -0.431. The van der Waals surface area contributed by atoms with Crippen molar-refractivity contribution in [2.24, 2.45) is 0 Å². The predicted octanol–water partition coefficient (Wildman–Crippen LogP) is 3.72. The molecule has 1 aliphatic heterocycles. The number of fused-ring (bicyclic) bond motifs is 1. The van der Waals surface area contributed by atoms with Gasteiger partial charge in [-0.2, -0.15) is 0 Å². The number of rotatable bonds is 4. The molecule has 0 fully saturated rings. The first-order valence-electron chi connectivity index (χ1n) is 8.16. The van der Waals surface area contributed by atoms with Crippen LogP contribution in [0.5, 0.6) is 0 Å². The molecule has 3 heterocycles. The van der Waals surface area contributed by atoms with Gasteiger partial charge < -0.3 is 10.1 Å². The highest BCUT2D eigenvalue weighted by Gasteiger charge is 2.42. The fourth-order valence-corrected chi connectivity index (χ4v) is 4.15. The second-order valence-corrected chi connectivity index (χ2v) is 7.29. The molecule has 2 aromatic rings. The van der Waals surface area contributed by atoms with Crippen LogP contribution in [0.1, 0.15) is 39.2 Å². The summed E-state index contributed by atoms with van der Waals surface area (Å²) in [6, 6.07) is 1.86. The Morgan fingerprint density at radius 1 is 1.38 bits per heavy atom. The number of aromatic nitrogens is 1. The van der Waals surface area contributed by atoms with Crippen molar-refractivity contribution in [2.45, 2.75) is 39.7 Å². The molecule has 0 amide bonds. The van der Waals surface area contributed by atoms with E-state index in [0.717, 1.165) is 10.1 Å². The molecule has 8 heteroatoms.